The molecule has 0 fully saturated rings. The van der Waals surface area contributed by atoms with Crippen molar-refractivity contribution in [2.24, 2.45) is 16.8 Å². The topological polar surface area (TPSA) is 167 Å². The number of carbonyl (C=O) groups is 1. The van der Waals surface area contributed by atoms with E-state index in [2.05, 4.69) is 0 Å². The predicted octanol–water partition coefficient (Wildman–Crippen LogP) is -2.72. The molecule has 0 saturated carbocycles. The van der Waals surface area contributed by atoms with Crippen LogP contribution in [-0.2, 0) is 15.0 Å². The molecule has 0 bridgehead atoms. The van der Waals surface area contributed by atoms with Crippen LogP contribution >= 0.6 is 0 Å². The lowest BCUT2D eigenvalue weighted by Crippen LogP contribution is -2.42. The van der Waals surface area contributed by atoms with Crippen LogP contribution in [0, 0.1) is 5.92 Å². The fourth-order valence-corrected chi connectivity index (χ4v) is 2.06. The minimum Gasteiger partial charge on any atom is -0.480 e. The van der Waals surface area contributed by atoms with Crippen molar-refractivity contribution in [2.75, 3.05) is 26.3 Å². The summed E-state index contributed by atoms with van der Waals surface area (Å²) in [5, 5.41) is 31.3. The average Bonchev–Trinajstić information content (AvgIpc) is 2.31. The molecule has 0 aliphatic rings. The van der Waals surface area contributed by atoms with E-state index < -0.39 is 28.1 Å². The Balaban J connectivity index is 4.45. The summed E-state index contributed by atoms with van der Waals surface area (Å²) in [4.78, 5) is 10.5. The third-order valence-electron chi connectivity index (χ3n) is 2.67. The highest BCUT2D eigenvalue weighted by atomic mass is 32.2. The van der Waals surface area contributed by atoms with Crippen molar-refractivity contribution in [3.63, 3.8) is 0 Å². The molecule has 0 aromatic heterocycles. The lowest BCUT2D eigenvalue weighted by molar-refractivity contribution is -0.138. The van der Waals surface area contributed by atoms with Crippen LogP contribution in [0.1, 0.15) is 12.8 Å². The van der Waals surface area contributed by atoms with Gasteiger partial charge >= 0.3 is 5.97 Å². The SMILES string of the molecule is NC(CCN(CCC(CO)CO)S(N)(=O)=O)C(=O)O. The van der Waals surface area contributed by atoms with Gasteiger partial charge in [-0.25, -0.2) is 5.14 Å². The van der Waals surface area contributed by atoms with Crippen LogP contribution in [0.25, 0.3) is 0 Å². The minimum absolute atomic E-state index is 0.0169. The number of carboxylic acids is 1. The number of aliphatic carboxylic acids is 1. The first-order chi connectivity index (χ1) is 8.72. The molecule has 114 valence electrons. The van der Waals surface area contributed by atoms with Crippen LogP contribution in [0.4, 0.5) is 0 Å². The smallest absolute Gasteiger partial charge is 0.320 e. The molecule has 0 spiro atoms. The van der Waals surface area contributed by atoms with E-state index in [1.54, 1.807) is 0 Å². The van der Waals surface area contributed by atoms with Gasteiger partial charge < -0.3 is 21.1 Å². The Kier molecular flexibility index (Phi) is 8.06. The molecular formula is C9H21N3O6S. The van der Waals surface area contributed by atoms with Crippen molar-refractivity contribution in [3.05, 3.63) is 0 Å². The zero-order valence-corrected chi connectivity index (χ0v) is 11.3. The predicted molar refractivity (Wildman–Crippen MR) is 67.2 cm³/mol. The Bertz CT molecular complexity index is 370. The fraction of sp³-hybridized carbons (Fsp3) is 0.889. The first kappa shape index (κ1) is 18.2. The molecule has 1 unspecified atom stereocenters. The van der Waals surface area contributed by atoms with E-state index in [1.165, 1.54) is 0 Å². The van der Waals surface area contributed by atoms with E-state index in [9.17, 15) is 13.2 Å². The molecule has 0 rings (SSSR count). The highest BCUT2D eigenvalue weighted by molar-refractivity contribution is 7.86. The quantitative estimate of drug-likeness (QED) is 0.292. The number of aliphatic hydroxyl groups is 2. The van der Waals surface area contributed by atoms with Crippen molar-refractivity contribution in [2.45, 2.75) is 18.9 Å². The van der Waals surface area contributed by atoms with Crippen LogP contribution in [0.3, 0.4) is 0 Å². The Labute approximate surface area is 112 Å². The van der Waals surface area contributed by atoms with Gasteiger partial charge in [-0.1, -0.05) is 0 Å². The minimum atomic E-state index is -3.98. The monoisotopic (exact) mass is 299 g/mol. The maximum atomic E-state index is 11.3. The van der Waals surface area contributed by atoms with Crippen LogP contribution in [-0.4, -0.2) is 66.4 Å². The number of aliphatic hydroxyl groups excluding tert-OH is 2. The largest absolute Gasteiger partial charge is 0.480 e. The van der Waals surface area contributed by atoms with E-state index in [4.69, 9.17) is 26.2 Å². The first-order valence-corrected chi connectivity index (χ1v) is 7.20. The molecule has 0 heterocycles. The summed E-state index contributed by atoms with van der Waals surface area (Å²) in [6, 6.07) is -1.17. The van der Waals surface area contributed by atoms with Gasteiger partial charge in [-0.15, -0.1) is 0 Å². The maximum Gasteiger partial charge on any atom is 0.320 e. The lowest BCUT2D eigenvalue weighted by atomic mass is 10.1. The molecule has 0 aliphatic heterocycles. The second-order valence-corrected chi connectivity index (χ2v) is 5.74. The van der Waals surface area contributed by atoms with Crippen molar-refractivity contribution < 1.29 is 28.5 Å². The van der Waals surface area contributed by atoms with E-state index in [0.29, 0.717) is 0 Å². The van der Waals surface area contributed by atoms with E-state index >= 15 is 0 Å². The third-order valence-corrected chi connectivity index (χ3v) is 3.75. The second kappa shape index (κ2) is 8.40. The Morgan fingerprint density at radius 3 is 2.00 bits per heavy atom. The third kappa shape index (κ3) is 7.40. The van der Waals surface area contributed by atoms with Crippen LogP contribution in [0.15, 0.2) is 0 Å². The van der Waals surface area contributed by atoms with E-state index in [0.717, 1.165) is 4.31 Å². The standard InChI is InChI=1S/C9H21N3O6S/c10-8(9(15)16)2-4-12(19(11,17)18)3-1-7(5-13)6-14/h7-8,13-14H,1-6,10H2,(H,15,16)(H2,11,17,18). The summed E-state index contributed by atoms with van der Waals surface area (Å²) < 4.78 is 23.5. The molecule has 9 nitrogen and oxygen atoms in total. The number of rotatable bonds is 10. The molecule has 0 aromatic carbocycles. The molecule has 7 N–H and O–H groups in total. The molecule has 0 aliphatic carbocycles. The zero-order chi connectivity index (χ0) is 15.1. The molecule has 1 atom stereocenters. The summed E-state index contributed by atoms with van der Waals surface area (Å²) in [6.45, 7) is -0.694. The average molecular weight is 299 g/mol. The molecular weight excluding hydrogens is 278 g/mol. The Hall–Kier alpha value is -0.780. The summed E-state index contributed by atoms with van der Waals surface area (Å²) in [5.74, 6) is -1.67. The molecule has 0 aromatic rings. The Morgan fingerprint density at radius 1 is 1.16 bits per heavy atom. The second-order valence-electron chi connectivity index (χ2n) is 4.20. The van der Waals surface area contributed by atoms with Crippen molar-refractivity contribution in [1.82, 2.24) is 4.31 Å². The van der Waals surface area contributed by atoms with Crippen molar-refractivity contribution >= 4 is 16.2 Å². The van der Waals surface area contributed by atoms with Gasteiger partial charge in [0.15, 0.2) is 0 Å². The Morgan fingerprint density at radius 2 is 1.63 bits per heavy atom. The number of hydrogen-bond acceptors (Lipinski definition) is 6. The van der Waals surface area contributed by atoms with Gasteiger partial charge in [0.25, 0.3) is 10.2 Å². The summed E-state index contributed by atoms with van der Waals surface area (Å²) in [7, 11) is -3.98. The molecule has 10 heteroatoms. The summed E-state index contributed by atoms with van der Waals surface area (Å²) in [5.41, 5.74) is 5.27. The van der Waals surface area contributed by atoms with Crippen LogP contribution < -0.4 is 10.9 Å². The molecule has 19 heavy (non-hydrogen) atoms. The number of nitrogens with zero attached hydrogens (tertiary/aromatic N) is 1. The van der Waals surface area contributed by atoms with Gasteiger partial charge in [0.1, 0.15) is 6.04 Å². The molecule has 0 radical (unpaired) electrons. The summed E-state index contributed by atoms with van der Waals surface area (Å²) >= 11 is 0. The van der Waals surface area contributed by atoms with E-state index in [1.807, 2.05) is 0 Å². The van der Waals surface area contributed by atoms with Gasteiger partial charge in [-0.05, 0) is 12.8 Å². The fourth-order valence-electron chi connectivity index (χ4n) is 1.34. The summed E-state index contributed by atoms with van der Waals surface area (Å²) in [6.07, 6.45) is 0.139. The lowest BCUT2D eigenvalue weighted by Gasteiger charge is -2.22. The zero-order valence-electron chi connectivity index (χ0n) is 10.5. The highest BCUT2D eigenvalue weighted by Gasteiger charge is 2.21. The van der Waals surface area contributed by atoms with Crippen molar-refractivity contribution in [3.8, 4) is 0 Å². The van der Waals surface area contributed by atoms with Crippen molar-refractivity contribution in [1.29, 1.82) is 0 Å². The van der Waals surface area contributed by atoms with Gasteiger partial charge in [-0.3, -0.25) is 4.79 Å². The number of hydrogen-bond donors (Lipinski definition) is 5. The van der Waals surface area contributed by atoms with Gasteiger partial charge in [0.05, 0.1) is 0 Å². The van der Waals surface area contributed by atoms with Gasteiger partial charge in [0.2, 0.25) is 0 Å². The van der Waals surface area contributed by atoms with Gasteiger partial charge in [0, 0.05) is 32.2 Å². The molecule has 0 amide bonds. The molecule has 0 saturated heterocycles. The first-order valence-electron chi connectivity index (χ1n) is 5.70. The number of carboxylic acid groups (broad SMARTS) is 1. The highest BCUT2D eigenvalue weighted by Crippen LogP contribution is 2.07. The maximum absolute atomic E-state index is 11.3. The van der Waals surface area contributed by atoms with Crippen LogP contribution in [0.5, 0.6) is 0 Å². The normalized spacial score (nSPS) is 14.0. The number of nitrogens with two attached hydrogens (primary N) is 2. The van der Waals surface area contributed by atoms with E-state index in [-0.39, 0.29) is 39.1 Å². The van der Waals surface area contributed by atoms with Gasteiger partial charge in [-0.2, -0.15) is 12.7 Å². The van der Waals surface area contributed by atoms with Crippen LogP contribution in [0.2, 0.25) is 0 Å².